The van der Waals surface area contributed by atoms with Crippen LogP contribution in [0.3, 0.4) is 0 Å². The SMILES string of the molecule is CCC1(C(=O)N2CCN(C(=O)COC)CC2)CCCN1.Cl. The van der Waals surface area contributed by atoms with Crippen molar-refractivity contribution in [1.82, 2.24) is 15.1 Å². The van der Waals surface area contributed by atoms with Gasteiger partial charge in [-0.2, -0.15) is 0 Å². The maximum Gasteiger partial charge on any atom is 0.248 e. The standard InChI is InChI=1S/C14H25N3O3.ClH/c1-3-14(5-4-6-15-14)13(19)17-9-7-16(8-10-17)12(18)11-20-2;/h15H,3-11H2,1-2H3;1H. The summed E-state index contributed by atoms with van der Waals surface area (Å²) < 4.78 is 4.86. The summed E-state index contributed by atoms with van der Waals surface area (Å²) in [5, 5.41) is 3.38. The minimum Gasteiger partial charge on any atom is -0.375 e. The average molecular weight is 320 g/mol. The predicted molar refractivity (Wildman–Crippen MR) is 82.5 cm³/mol. The summed E-state index contributed by atoms with van der Waals surface area (Å²) in [5.74, 6) is 0.208. The Balaban J connectivity index is 0.00000220. The van der Waals surface area contributed by atoms with E-state index in [0.29, 0.717) is 26.2 Å². The monoisotopic (exact) mass is 319 g/mol. The van der Waals surface area contributed by atoms with Gasteiger partial charge in [-0.25, -0.2) is 0 Å². The van der Waals surface area contributed by atoms with E-state index in [2.05, 4.69) is 12.2 Å². The first-order chi connectivity index (χ1) is 9.63. The highest BCUT2D eigenvalue weighted by Gasteiger charge is 2.42. The molecule has 1 atom stereocenters. The van der Waals surface area contributed by atoms with Crippen LogP contribution in [0.4, 0.5) is 0 Å². The first-order valence-electron chi connectivity index (χ1n) is 7.44. The lowest BCUT2D eigenvalue weighted by atomic mass is 9.92. The fourth-order valence-electron chi connectivity index (χ4n) is 3.12. The van der Waals surface area contributed by atoms with Gasteiger partial charge in [-0.3, -0.25) is 9.59 Å². The summed E-state index contributed by atoms with van der Waals surface area (Å²) in [7, 11) is 1.52. The van der Waals surface area contributed by atoms with Gasteiger partial charge in [0.05, 0.1) is 5.54 Å². The molecular formula is C14H26ClN3O3. The lowest BCUT2D eigenvalue weighted by Crippen LogP contribution is -2.59. The van der Waals surface area contributed by atoms with Crippen LogP contribution in [0.1, 0.15) is 26.2 Å². The minimum atomic E-state index is -0.362. The van der Waals surface area contributed by atoms with Gasteiger partial charge < -0.3 is 19.9 Å². The van der Waals surface area contributed by atoms with Crippen molar-refractivity contribution in [3.63, 3.8) is 0 Å². The molecule has 0 aromatic rings. The highest BCUT2D eigenvalue weighted by molar-refractivity contribution is 5.87. The van der Waals surface area contributed by atoms with E-state index in [9.17, 15) is 9.59 Å². The van der Waals surface area contributed by atoms with Gasteiger partial charge >= 0.3 is 0 Å². The van der Waals surface area contributed by atoms with Gasteiger partial charge in [0.1, 0.15) is 6.61 Å². The molecule has 2 fully saturated rings. The molecule has 0 aromatic carbocycles. The van der Waals surface area contributed by atoms with E-state index >= 15 is 0 Å². The number of carbonyl (C=O) groups excluding carboxylic acids is 2. The van der Waals surface area contributed by atoms with Gasteiger partial charge in [-0.05, 0) is 25.8 Å². The number of piperazine rings is 1. The molecule has 0 aliphatic carbocycles. The maximum atomic E-state index is 12.7. The predicted octanol–water partition coefficient (Wildman–Crippen LogP) is 0.258. The highest BCUT2D eigenvalue weighted by atomic mass is 35.5. The maximum absolute atomic E-state index is 12.7. The van der Waals surface area contributed by atoms with E-state index in [1.54, 1.807) is 4.90 Å². The summed E-state index contributed by atoms with van der Waals surface area (Å²) in [6.07, 6.45) is 2.81. The molecule has 1 N–H and O–H groups in total. The van der Waals surface area contributed by atoms with E-state index in [1.807, 2.05) is 4.90 Å². The molecule has 0 bridgehead atoms. The largest absolute Gasteiger partial charge is 0.375 e. The molecule has 0 spiro atoms. The molecular weight excluding hydrogens is 294 g/mol. The quantitative estimate of drug-likeness (QED) is 0.807. The van der Waals surface area contributed by atoms with E-state index in [1.165, 1.54) is 7.11 Å². The molecule has 1 unspecified atom stereocenters. The van der Waals surface area contributed by atoms with Crippen LogP contribution in [0.2, 0.25) is 0 Å². The van der Waals surface area contributed by atoms with Crippen molar-refractivity contribution in [1.29, 1.82) is 0 Å². The molecule has 122 valence electrons. The number of halogens is 1. The van der Waals surface area contributed by atoms with Crippen molar-refractivity contribution >= 4 is 24.2 Å². The van der Waals surface area contributed by atoms with E-state index < -0.39 is 0 Å². The Bertz CT molecular complexity index is 364. The van der Waals surface area contributed by atoms with Crippen molar-refractivity contribution in [3.8, 4) is 0 Å². The number of nitrogens with zero attached hydrogens (tertiary/aromatic N) is 2. The molecule has 2 aliphatic rings. The summed E-state index contributed by atoms with van der Waals surface area (Å²) in [6, 6.07) is 0. The molecule has 6 nitrogen and oxygen atoms in total. The van der Waals surface area contributed by atoms with Gasteiger partial charge in [0.15, 0.2) is 0 Å². The lowest BCUT2D eigenvalue weighted by molar-refractivity contribution is -0.145. The van der Waals surface area contributed by atoms with E-state index in [0.717, 1.165) is 25.8 Å². The topological polar surface area (TPSA) is 61.9 Å². The summed E-state index contributed by atoms with van der Waals surface area (Å²) >= 11 is 0. The molecule has 2 rings (SSSR count). The molecule has 2 amide bonds. The van der Waals surface area contributed by atoms with Crippen LogP contribution >= 0.6 is 12.4 Å². The van der Waals surface area contributed by atoms with Crippen molar-refractivity contribution in [2.24, 2.45) is 0 Å². The fraction of sp³-hybridized carbons (Fsp3) is 0.857. The number of methoxy groups -OCH3 is 1. The zero-order valence-electron chi connectivity index (χ0n) is 12.9. The molecule has 0 aromatic heterocycles. The number of nitrogens with one attached hydrogen (secondary N) is 1. The third kappa shape index (κ3) is 3.87. The molecule has 2 saturated heterocycles. The third-order valence-corrected chi connectivity index (χ3v) is 4.44. The van der Waals surface area contributed by atoms with Crippen LogP contribution in [0, 0.1) is 0 Å². The number of amides is 2. The highest BCUT2D eigenvalue weighted by Crippen LogP contribution is 2.26. The number of hydrogen-bond acceptors (Lipinski definition) is 4. The molecule has 0 radical (unpaired) electrons. The number of rotatable bonds is 4. The van der Waals surface area contributed by atoms with Gasteiger partial charge in [0.25, 0.3) is 0 Å². The summed E-state index contributed by atoms with van der Waals surface area (Å²) in [4.78, 5) is 28.1. The third-order valence-electron chi connectivity index (χ3n) is 4.44. The van der Waals surface area contributed by atoms with Gasteiger partial charge in [-0.15, -0.1) is 12.4 Å². The van der Waals surface area contributed by atoms with Crippen molar-refractivity contribution < 1.29 is 14.3 Å². The van der Waals surface area contributed by atoms with Crippen molar-refractivity contribution in [3.05, 3.63) is 0 Å². The lowest BCUT2D eigenvalue weighted by Gasteiger charge is -2.39. The number of ether oxygens (including phenoxy) is 1. The molecule has 2 aliphatic heterocycles. The molecule has 21 heavy (non-hydrogen) atoms. The second-order valence-corrected chi connectivity index (χ2v) is 5.57. The van der Waals surface area contributed by atoms with Crippen LogP contribution < -0.4 is 5.32 Å². The first-order valence-corrected chi connectivity index (χ1v) is 7.44. The van der Waals surface area contributed by atoms with Crippen LogP contribution in [-0.4, -0.2) is 73.6 Å². The molecule has 0 saturated carbocycles. The van der Waals surface area contributed by atoms with Crippen molar-refractivity contribution in [2.45, 2.75) is 31.7 Å². The second kappa shape index (κ2) is 7.96. The van der Waals surface area contributed by atoms with Crippen LogP contribution in [0.15, 0.2) is 0 Å². The van der Waals surface area contributed by atoms with Crippen LogP contribution in [0.5, 0.6) is 0 Å². The summed E-state index contributed by atoms with van der Waals surface area (Å²) in [6.45, 7) is 5.56. The smallest absolute Gasteiger partial charge is 0.248 e. The Morgan fingerprint density at radius 1 is 1.19 bits per heavy atom. The average Bonchev–Trinajstić information content (AvgIpc) is 2.97. The van der Waals surface area contributed by atoms with E-state index in [4.69, 9.17) is 4.74 Å². The Kier molecular flexibility index (Phi) is 6.90. The number of hydrogen-bond donors (Lipinski definition) is 1. The normalized spacial score (nSPS) is 25.6. The van der Waals surface area contributed by atoms with Crippen LogP contribution in [0.25, 0.3) is 0 Å². The second-order valence-electron chi connectivity index (χ2n) is 5.57. The zero-order chi connectivity index (χ0) is 14.6. The number of carbonyl (C=O) groups is 2. The Labute approximate surface area is 132 Å². The Hall–Kier alpha value is -0.850. The van der Waals surface area contributed by atoms with Gasteiger partial charge in [0.2, 0.25) is 11.8 Å². The Morgan fingerprint density at radius 3 is 2.29 bits per heavy atom. The van der Waals surface area contributed by atoms with Crippen molar-refractivity contribution in [2.75, 3.05) is 46.4 Å². The van der Waals surface area contributed by atoms with Gasteiger partial charge in [0, 0.05) is 33.3 Å². The fourth-order valence-corrected chi connectivity index (χ4v) is 3.12. The van der Waals surface area contributed by atoms with Crippen LogP contribution in [-0.2, 0) is 14.3 Å². The zero-order valence-corrected chi connectivity index (χ0v) is 13.7. The summed E-state index contributed by atoms with van der Waals surface area (Å²) in [5.41, 5.74) is -0.362. The minimum absolute atomic E-state index is 0. The Morgan fingerprint density at radius 2 is 1.81 bits per heavy atom. The molecule has 2 heterocycles. The van der Waals surface area contributed by atoms with Gasteiger partial charge in [-0.1, -0.05) is 6.92 Å². The molecule has 7 heteroatoms. The van der Waals surface area contributed by atoms with E-state index in [-0.39, 0.29) is 36.4 Å². The first kappa shape index (κ1) is 18.2.